The molecule has 0 saturated heterocycles. The summed E-state index contributed by atoms with van der Waals surface area (Å²) in [6.07, 6.45) is 2.43. The molecule has 4 heteroatoms. The summed E-state index contributed by atoms with van der Waals surface area (Å²) < 4.78 is 0. The van der Waals surface area contributed by atoms with E-state index in [1.165, 1.54) is 0 Å². The molecule has 0 unspecified atom stereocenters. The largest absolute Gasteiger partial charge is 0.324 e. The number of nitrogens with zero attached hydrogens (tertiary/aromatic N) is 1. The first kappa shape index (κ1) is 16.0. The summed E-state index contributed by atoms with van der Waals surface area (Å²) in [7, 11) is 0. The third-order valence-corrected chi connectivity index (χ3v) is 4.24. The van der Waals surface area contributed by atoms with Crippen molar-refractivity contribution in [2.24, 2.45) is 0 Å². The Kier molecular flexibility index (Phi) is 4.75. The van der Waals surface area contributed by atoms with Crippen LogP contribution in [0.1, 0.15) is 24.3 Å². The van der Waals surface area contributed by atoms with E-state index in [1.54, 1.807) is 11.0 Å². The number of carbonyl (C=O) groups excluding carboxylic acids is 2. The number of benzene rings is 2. The number of allylic oxidation sites excluding steroid dienone is 1. The van der Waals surface area contributed by atoms with Crippen molar-refractivity contribution in [2.75, 3.05) is 16.8 Å². The topological polar surface area (TPSA) is 49.4 Å². The highest BCUT2D eigenvalue weighted by molar-refractivity contribution is 6.03. The van der Waals surface area contributed by atoms with E-state index >= 15 is 0 Å². The Morgan fingerprint density at radius 3 is 2.62 bits per heavy atom. The zero-order valence-electron chi connectivity index (χ0n) is 13.4. The fraction of sp³-hybridized carbons (Fsp3) is 0.200. The quantitative estimate of drug-likeness (QED) is 0.873. The molecule has 0 bridgehead atoms. The highest BCUT2D eigenvalue weighted by Crippen LogP contribution is 2.30. The SMILES string of the molecule is C=C[C@H](CC(=O)N1CCC(=O)Nc2ccccc21)c1ccccc1. The van der Waals surface area contributed by atoms with Crippen molar-refractivity contribution >= 4 is 23.2 Å². The molecule has 1 aliphatic rings. The van der Waals surface area contributed by atoms with E-state index in [0.29, 0.717) is 25.1 Å². The van der Waals surface area contributed by atoms with E-state index in [0.717, 1.165) is 11.3 Å². The summed E-state index contributed by atoms with van der Waals surface area (Å²) in [5.41, 5.74) is 2.51. The lowest BCUT2D eigenvalue weighted by Gasteiger charge is -2.24. The van der Waals surface area contributed by atoms with Gasteiger partial charge in [-0.1, -0.05) is 48.5 Å². The Labute approximate surface area is 141 Å². The van der Waals surface area contributed by atoms with E-state index in [2.05, 4.69) is 11.9 Å². The molecule has 1 heterocycles. The lowest BCUT2D eigenvalue weighted by Crippen LogP contribution is -2.32. The second-order valence-corrected chi connectivity index (χ2v) is 5.82. The molecule has 1 atom stereocenters. The average molecular weight is 320 g/mol. The number of hydrogen-bond donors (Lipinski definition) is 1. The van der Waals surface area contributed by atoms with Gasteiger partial charge in [-0.05, 0) is 17.7 Å². The summed E-state index contributed by atoms with van der Waals surface area (Å²) in [6.45, 7) is 4.26. The normalized spacial score (nSPS) is 15.0. The number of hydrogen-bond acceptors (Lipinski definition) is 2. The molecule has 122 valence electrons. The molecule has 2 aromatic rings. The highest BCUT2D eigenvalue weighted by atomic mass is 16.2. The van der Waals surface area contributed by atoms with Gasteiger partial charge in [0.05, 0.1) is 11.4 Å². The number of carbonyl (C=O) groups is 2. The predicted octanol–water partition coefficient (Wildman–Crippen LogP) is 3.72. The monoisotopic (exact) mass is 320 g/mol. The second kappa shape index (κ2) is 7.13. The maximum Gasteiger partial charge on any atom is 0.227 e. The summed E-state index contributed by atoms with van der Waals surface area (Å²) in [5, 5.41) is 2.85. The van der Waals surface area contributed by atoms with Gasteiger partial charge in [0.1, 0.15) is 0 Å². The fourth-order valence-electron chi connectivity index (χ4n) is 2.96. The van der Waals surface area contributed by atoms with Crippen LogP contribution in [0.25, 0.3) is 0 Å². The molecular weight excluding hydrogens is 300 g/mol. The second-order valence-electron chi connectivity index (χ2n) is 5.82. The molecule has 0 radical (unpaired) electrons. The molecule has 0 saturated carbocycles. The first-order valence-corrected chi connectivity index (χ1v) is 8.06. The number of nitrogens with one attached hydrogen (secondary N) is 1. The van der Waals surface area contributed by atoms with Crippen molar-refractivity contribution in [2.45, 2.75) is 18.8 Å². The first-order chi connectivity index (χ1) is 11.7. The predicted molar refractivity (Wildman–Crippen MR) is 96.0 cm³/mol. The summed E-state index contributed by atoms with van der Waals surface area (Å²) >= 11 is 0. The van der Waals surface area contributed by atoms with Crippen molar-refractivity contribution < 1.29 is 9.59 Å². The molecule has 2 aromatic carbocycles. The molecule has 0 aromatic heterocycles. The van der Waals surface area contributed by atoms with Crippen molar-refractivity contribution in [3.8, 4) is 0 Å². The molecule has 2 amide bonds. The molecule has 24 heavy (non-hydrogen) atoms. The van der Waals surface area contributed by atoms with Crippen molar-refractivity contribution in [1.29, 1.82) is 0 Å². The average Bonchev–Trinajstić information content (AvgIpc) is 2.78. The van der Waals surface area contributed by atoms with Crippen molar-refractivity contribution in [1.82, 2.24) is 0 Å². The van der Waals surface area contributed by atoms with E-state index in [9.17, 15) is 9.59 Å². The van der Waals surface area contributed by atoms with E-state index in [-0.39, 0.29) is 17.7 Å². The molecule has 0 fully saturated rings. The van der Waals surface area contributed by atoms with Gasteiger partial charge in [0.15, 0.2) is 0 Å². The summed E-state index contributed by atoms with van der Waals surface area (Å²) in [6, 6.07) is 17.3. The summed E-state index contributed by atoms with van der Waals surface area (Å²) in [5.74, 6) is -0.119. The molecule has 3 rings (SSSR count). The van der Waals surface area contributed by atoms with Crippen LogP contribution in [-0.4, -0.2) is 18.4 Å². The Hall–Kier alpha value is -2.88. The van der Waals surface area contributed by atoms with Crippen LogP contribution < -0.4 is 10.2 Å². The van der Waals surface area contributed by atoms with Gasteiger partial charge in [-0.2, -0.15) is 0 Å². The van der Waals surface area contributed by atoms with Crippen LogP contribution in [0.2, 0.25) is 0 Å². The number of para-hydroxylation sites is 2. The van der Waals surface area contributed by atoms with Gasteiger partial charge < -0.3 is 10.2 Å². The zero-order valence-corrected chi connectivity index (χ0v) is 13.4. The van der Waals surface area contributed by atoms with Crippen LogP contribution >= 0.6 is 0 Å². The Balaban J connectivity index is 1.84. The van der Waals surface area contributed by atoms with Crippen LogP contribution in [-0.2, 0) is 9.59 Å². The number of fused-ring (bicyclic) bond motifs is 1. The van der Waals surface area contributed by atoms with Crippen molar-refractivity contribution in [3.63, 3.8) is 0 Å². The molecule has 0 spiro atoms. The highest BCUT2D eigenvalue weighted by Gasteiger charge is 2.25. The minimum absolute atomic E-state index is 0.00676. The molecule has 1 aliphatic heterocycles. The summed E-state index contributed by atoms with van der Waals surface area (Å²) in [4.78, 5) is 26.5. The third-order valence-electron chi connectivity index (χ3n) is 4.24. The maximum absolute atomic E-state index is 12.9. The van der Waals surface area contributed by atoms with E-state index < -0.39 is 0 Å². The van der Waals surface area contributed by atoms with Crippen LogP contribution in [0.5, 0.6) is 0 Å². The number of rotatable bonds is 4. The Morgan fingerprint density at radius 1 is 1.17 bits per heavy atom. The Morgan fingerprint density at radius 2 is 1.88 bits per heavy atom. The van der Waals surface area contributed by atoms with Crippen LogP contribution in [0, 0.1) is 0 Å². The zero-order chi connectivity index (χ0) is 16.9. The molecule has 4 nitrogen and oxygen atoms in total. The van der Waals surface area contributed by atoms with Gasteiger partial charge in [0, 0.05) is 25.3 Å². The Bertz CT molecular complexity index is 755. The van der Waals surface area contributed by atoms with Crippen LogP contribution in [0.15, 0.2) is 67.3 Å². The van der Waals surface area contributed by atoms with Crippen molar-refractivity contribution in [3.05, 3.63) is 72.8 Å². The lowest BCUT2D eigenvalue weighted by molar-refractivity contribution is -0.118. The van der Waals surface area contributed by atoms with Gasteiger partial charge in [0.2, 0.25) is 11.8 Å². The van der Waals surface area contributed by atoms with Gasteiger partial charge >= 0.3 is 0 Å². The molecule has 1 N–H and O–H groups in total. The van der Waals surface area contributed by atoms with Gasteiger partial charge in [-0.15, -0.1) is 6.58 Å². The third kappa shape index (κ3) is 3.38. The maximum atomic E-state index is 12.9. The van der Waals surface area contributed by atoms with E-state index in [1.807, 2.05) is 54.6 Å². The molecule has 0 aliphatic carbocycles. The smallest absolute Gasteiger partial charge is 0.227 e. The van der Waals surface area contributed by atoms with E-state index in [4.69, 9.17) is 0 Å². The molecular formula is C20H20N2O2. The minimum Gasteiger partial charge on any atom is -0.324 e. The standard InChI is InChI=1S/C20H20N2O2/c1-2-15(16-8-4-3-5-9-16)14-20(24)22-13-12-19(23)21-17-10-6-7-11-18(17)22/h2-11,15H,1,12-14H2,(H,21,23)/t15-/m1/s1. The first-order valence-electron chi connectivity index (χ1n) is 8.06. The van der Waals surface area contributed by atoms with Gasteiger partial charge in [-0.3, -0.25) is 9.59 Å². The van der Waals surface area contributed by atoms with Crippen LogP contribution in [0.3, 0.4) is 0 Å². The van der Waals surface area contributed by atoms with Gasteiger partial charge in [-0.25, -0.2) is 0 Å². The minimum atomic E-state index is -0.0684. The fourth-order valence-corrected chi connectivity index (χ4v) is 2.96. The number of anilines is 2. The van der Waals surface area contributed by atoms with Crippen LogP contribution in [0.4, 0.5) is 11.4 Å². The van der Waals surface area contributed by atoms with Gasteiger partial charge in [0.25, 0.3) is 0 Å². The number of amides is 2. The lowest BCUT2D eigenvalue weighted by atomic mass is 9.95.